The highest BCUT2D eigenvalue weighted by Gasteiger charge is 2.26. The van der Waals surface area contributed by atoms with Gasteiger partial charge in [-0.2, -0.15) is 0 Å². The van der Waals surface area contributed by atoms with Crippen molar-refractivity contribution in [2.45, 2.75) is 44.6 Å². The van der Waals surface area contributed by atoms with E-state index in [1.165, 1.54) is 12.8 Å². The van der Waals surface area contributed by atoms with Crippen LogP contribution in [0.25, 0.3) is 0 Å². The Labute approximate surface area is 122 Å². The summed E-state index contributed by atoms with van der Waals surface area (Å²) in [5, 5.41) is 0. The summed E-state index contributed by atoms with van der Waals surface area (Å²) in [6, 6.07) is 0.191. The van der Waals surface area contributed by atoms with Crippen LogP contribution in [0.4, 0.5) is 0 Å². The average Bonchev–Trinajstić information content (AvgIpc) is 2.45. The molecule has 1 amide bonds. The van der Waals surface area contributed by atoms with E-state index in [0.717, 1.165) is 25.8 Å². The Morgan fingerprint density at radius 2 is 1.85 bits per heavy atom. The van der Waals surface area contributed by atoms with Crippen molar-refractivity contribution in [3.63, 3.8) is 0 Å². The van der Waals surface area contributed by atoms with Crippen molar-refractivity contribution >= 4 is 5.91 Å². The number of rotatable bonds is 9. The number of ether oxygens (including phenoxy) is 2. The lowest BCUT2D eigenvalue weighted by Crippen LogP contribution is -2.40. The number of hydrogen-bond donors (Lipinski definition) is 1. The summed E-state index contributed by atoms with van der Waals surface area (Å²) in [6.45, 7) is 2.65. The van der Waals surface area contributed by atoms with Crippen LogP contribution in [-0.2, 0) is 14.3 Å². The van der Waals surface area contributed by atoms with E-state index in [1.807, 2.05) is 4.90 Å². The van der Waals surface area contributed by atoms with Crippen molar-refractivity contribution in [2.24, 2.45) is 11.7 Å². The second kappa shape index (κ2) is 10.1. The molecule has 0 aromatic rings. The second-order valence-corrected chi connectivity index (χ2v) is 5.63. The first-order valence-corrected chi connectivity index (χ1v) is 7.70. The molecule has 118 valence electrons. The summed E-state index contributed by atoms with van der Waals surface area (Å²) in [5.74, 6) is 0.559. The molecule has 0 aromatic heterocycles. The Hall–Kier alpha value is -0.650. The summed E-state index contributed by atoms with van der Waals surface area (Å²) < 4.78 is 10.1. The minimum Gasteiger partial charge on any atom is -0.385 e. The van der Waals surface area contributed by atoms with E-state index >= 15 is 0 Å². The Balaban J connectivity index is 2.43. The fourth-order valence-electron chi connectivity index (χ4n) is 2.81. The van der Waals surface area contributed by atoms with Gasteiger partial charge in [0, 0.05) is 46.4 Å². The predicted octanol–water partition coefficient (Wildman–Crippen LogP) is 1.41. The summed E-state index contributed by atoms with van der Waals surface area (Å²) in [4.78, 5) is 14.3. The highest BCUT2D eigenvalue weighted by Crippen LogP contribution is 2.26. The van der Waals surface area contributed by atoms with Crippen molar-refractivity contribution in [1.29, 1.82) is 0 Å². The van der Waals surface area contributed by atoms with Crippen LogP contribution >= 0.6 is 0 Å². The number of methoxy groups -OCH3 is 2. The summed E-state index contributed by atoms with van der Waals surface area (Å²) in [6.07, 6.45) is 5.99. The van der Waals surface area contributed by atoms with E-state index in [1.54, 1.807) is 14.2 Å². The Morgan fingerprint density at radius 3 is 2.50 bits per heavy atom. The highest BCUT2D eigenvalue weighted by atomic mass is 16.5. The van der Waals surface area contributed by atoms with Gasteiger partial charge in [-0.15, -0.1) is 0 Å². The first-order valence-electron chi connectivity index (χ1n) is 7.70. The molecule has 1 aliphatic carbocycles. The maximum Gasteiger partial charge on any atom is 0.222 e. The summed E-state index contributed by atoms with van der Waals surface area (Å²) in [5.41, 5.74) is 6.13. The van der Waals surface area contributed by atoms with E-state index in [0.29, 0.717) is 32.1 Å². The number of carbonyl (C=O) groups excluding carboxylic acids is 1. The number of nitrogens with two attached hydrogens (primary N) is 1. The zero-order chi connectivity index (χ0) is 14.8. The molecule has 2 N–H and O–H groups in total. The molecule has 1 rings (SSSR count). The maximum atomic E-state index is 12.4. The van der Waals surface area contributed by atoms with Crippen molar-refractivity contribution < 1.29 is 14.3 Å². The van der Waals surface area contributed by atoms with E-state index < -0.39 is 0 Å². The van der Waals surface area contributed by atoms with Crippen LogP contribution in [0, 0.1) is 5.92 Å². The normalized spacial score (nSPS) is 22.8. The third kappa shape index (κ3) is 6.20. The molecule has 2 unspecified atom stereocenters. The lowest BCUT2D eigenvalue weighted by molar-refractivity contribution is -0.133. The molecule has 5 nitrogen and oxygen atoms in total. The standard InChI is InChI=1S/C15H30N2O3/c1-19-10-5-8-17(9-11-20-2)15(18)12-13-6-3-4-7-14(13)16/h13-14H,3-12,16H2,1-2H3. The number of carbonyl (C=O) groups is 1. The topological polar surface area (TPSA) is 64.8 Å². The average molecular weight is 286 g/mol. The van der Waals surface area contributed by atoms with Crippen LogP contribution in [0.5, 0.6) is 0 Å². The summed E-state index contributed by atoms with van der Waals surface area (Å²) in [7, 11) is 3.34. The van der Waals surface area contributed by atoms with Crippen molar-refractivity contribution in [3.8, 4) is 0 Å². The van der Waals surface area contributed by atoms with Crippen LogP contribution in [0.15, 0.2) is 0 Å². The molecule has 1 aliphatic rings. The van der Waals surface area contributed by atoms with Crippen LogP contribution in [-0.4, -0.2) is 57.4 Å². The van der Waals surface area contributed by atoms with Gasteiger partial charge in [0.05, 0.1) is 6.61 Å². The molecule has 0 saturated heterocycles. The maximum absolute atomic E-state index is 12.4. The quantitative estimate of drug-likeness (QED) is 0.651. The smallest absolute Gasteiger partial charge is 0.222 e. The zero-order valence-electron chi connectivity index (χ0n) is 13.0. The van der Waals surface area contributed by atoms with E-state index in [-0.39, 0.29) is 11.9 Å². The second-order valence-electron chi connectivity index (χ2n) is 5.63. The molecule has 20 heavy (non-hydrogen) atoms. The molecule has 0 aromatic carbocycles. The zero-order valence-corrected chi connectivity index (χ0v) is 13.0. The molecule has 1 fully saturated rings. The fraction of sp³-hybridized carbons (Fsp3) is 0.933. The van der Waals surface area contributed by atoms with Crippen LogP contribution in [0.2, 0.25) is 0 Å². The third-order valence-electron chi connectivity index (χ3n) is 4.10. The Kier molecular flexibility index (Phi) is 8.82. The molecule has 5 heteroatoms. The molecule has 0 bridgehead atoms. The molecule has 2 atom stereocenters. The molecule has 0 aliphatic heterocycles. The minimum absolute atomic E-state index is 0.191. The summed E-state index contributed by atoms with van der Waals surface area (Å²) >= 11 is 0. The van der Waals surface area contributed by atoms with Gasteiger partial charge in [-0.3, -0.25) is 4.79 Å². The molecule has 0 spiro atoms. The Bertz CT molecular complexity index is 274. The minimum atomic E-state index is 0.191. The van der Waals surface area contributed by atoms with Gasteiger partial charge < -0.3 is 20.1 Å². The number of nitrogens with zero attached hydrogens (tertiary/aromatic N) is 1. The fourth-order valence-corrected chi connectivity index (χ4v) is 2.81. The molecule has 0 heterocycles. The van der Waals surface area contributed by atoms with E-state index in [9.17, 15) is 4.79 Å². The van der Waals surface area contributed by atoms with Gasteiger partial charge in [0.1, 0.15) is 0 Å². The van der Waals surface area contributed by atoms with E-state index in [2.05, 4.69) is 0 Å². The van der Waals surface area contributed by atoms with Crippen molar-refractivity contribution in [3.05, 3.63) is 0 Å². The van der Waals surface area contributed by atoms with Crippen molar-refractivity contribution in [2.75, 3.05) is 40.5 Å². The van der Waals surface area contributed by atoms with Gasteiger partial charge in [0.25, 0.3) is 0 Å². The first kappa shape index (κ1) is 17.4. The number of amides is 1. The molecule has 1 saturated carbocycles. The largest absolute Gasteiger partial charge is 0.385 e. The van der Waals surface area contributed by atoms with Crippen LogP contribution < -0.4 is 5.73 Å². The van der Waals surface area contributed by atoms with Gasteiger partial charge in [-0.05, 0) is 25.2 Å². The molecule has 0 radical (unpaired) electrons. The molecular formula is C15H30N2O3. The monoisotopic (exact) mass is 286 g/mol. The van der Waals surface area contributed by atoms with Gasteiger partial charge in [0.15, 0.2) is 0 Å². The third-order valence-corrected chi connectivity index (χ3v) is 4.10. The van der Waals surface area contributed by atoms with E-state index in [4.69, 9.17) is 15.2 Å². The van der Waals surface area contributed by atoms with Gasteiger partial charge >= 0.3 is 0 Å². The Morgan fingerprint density at radius 1 is 1.15 bits per heavy atom. The SMILES string of the molecule is COCCCN(CCOC)C(=O)CC1CCCCC1N. The van der Waals surface area contributed by atoms with Gasteiger partial charge in [0.2, 0.25) is 5.91 Å². The lowest BCUT2D eigenvalue weighted by Gasteiger charge is -2.30. The van der Waals surface area contributed by atoms with Crippen molar-refractivity contribution in [1.82, 2.24) is 4.90 Å². The van der Waals surface area contributed by atoms with Gasteiger partial charge in [-0.25, -0.2) is 0 Å². The number of hydrogen-bond acceptors (Lipinski definition) is 4. The highest BCUT2D eigenvalue weighted by molar-refractivity contribution is 5.76. The van der Waals surface area contributed by atoms with Crippen LogP contribution in [0.1, 0.15) is 38.5 Å². The molecular weight excluding hydrogens is 256 g/mol. The predicted molar refractivity (Wildman–Crippen MR) is 79.5 cm³/mol. The lowest BCUT2D eigenvalue weighted by atomic mass is 9.82. The van der Waals surface area contributed by atoms with Gasteiger partial charge in [-0.1, -0.05) is 12.8 Å². The first-order chi connectivity index (χ1) is 9.69. The van der Waals surface area contributed by atoms with Crippen LogP contribution in [0.3, 0.4) is 0 Å².